The normalized spacial score (nSPS) is 16.5. The van der Waals surface area contributed by atoms with Crippen LogP contribution in [0, 0.1) is 13.8 Å². The van der Waals surface area contributed by atoms with Gasteiger partial charge in [-0.2, -0.15) is 5.10 Å². The maximum Gasteiger partial charge on any atom is 0.319 e. The first kappa shape index (κ1) is 56.4. The van der Waals surface area contributed by atoms with E-state index in [-0.39, 0.29) is 73.5 Å². The molecule has 6 N–H and O–H groups in total. The van der Waals surface area contributed by atoms with Gasteiger partial charge in [-0.3, -0.25) is 34.1 Å². The highest BCUT2D eigenvalue weighted by Crippen LogP contribution is 2.32. The number of carbonyl (C=O) groups excluding carboxylic acids is 7. The zero-order valence-electron chi connectivity index (χ0n) is 44.5. The largest absolute Gasteiger partial charge is 0.383 e. The molecule has 0 aliphatic carbocycles. The third-order valence-corrected chi connectivity index (χ3v) is 14.5. The molecule has 22 nitrogen and oxygen atoms in total. The molecule has 23 heteroatoms. The number of anilines is 3. The summed E-state index contributed by atoms with van der Waals surface area (Å²) in [5.74, 6) is -1.58. The summed E-state index contributed by atoms with van der Waals surface area (Å²) in [7, 11) is 5.37. The van der Waals surface area contributed by atoms with Gasteiger partial charge in [0.2, 0.25) is 23.6 Å². The van der Waals surface area contributed by atoms with Crippen LogP contribution in [-0.4, -0.2) is 161 Å². The Morgan fingerprint density at radius 1 is 0.923 bits per heavy atom. The standard InChI is InChI=1S/C55H66ClN13O9/c1-33-34(2)43(13-11-37(33)27-47(72)65(3)4)62-53(74)49-48-50(57)59-32-60-51(48)69(64-49)41-8-6-18-67(31-41)46(71)9-7-17-66(5)19-21-78-23-22-77-20-16-35-25-39(56)28-40(26-35)61-55(76)58-29-36-10-12-42-38(24-36)30-68(54(42)75)44-14-15-45(70)63-52(44)73/h7,9-13,24-26,28,32,41,44H,6,8,14-23,27,29-31H2,1-5H3,(H,62,74)(H2,57,59,60)(H2,58,61,76)(H,63,70,73)/b9-7+/t41-,44?/m1/s1. The number of nitrogens with two attached hydrogens (primary N) is 1. The van der Waals surface area contributed by atoms with Gasteiger partial charge in [-0.1, -0.05) is 35.9 Å². The Balaban J connectivity index is 0.720. The van der Waals surface area contributed by atoms with E-state index in [1.165, 1.54) is 11.2 Å². The smallest absolute Gasteiger partial charge is 0.319 e. The van der Waals surface area contributed by atoms with Crippen molar-refractivity contribution in [2.75, 3.05) is 90.1 Å². The number of nitrogen functional groups attached to an aromatic ring is 1. The maximum absolute atomic E-state index is 13.9. The van der Waals surface area contributed by atoms with Crippen LogP contribution in [0.15, 0.2) is 67.0 Å². The number of aromatic nitrogens is 4. The van der Waals surface area contributed by atoms with Crippen molar-refractivity contribution in [1.29, 1.82) is 0 Å². The quantitative estimate of drug-likeness (QED) is 0.0383. The van der Waals surface area contributed by atoms with E-state index in [1.54, 1.807) is 58.9 Å². The molecule has 0 spiro atoms. The molecule has 2 fully saturated rings. The van der Waals surface area contributed by atoms with Crippen LogP contribution < -0.4 is 27.0 Å². The predicted molar refractivity (Wildman–Crippen MR) is 293 cm³/mol. The molecular formula is C55H66ClN13O9. The number of hydrogen-bond donors (Lipinski definition) is 5. The molecule has 3 aromatic carbocycles. The van der Waals surface area contributed by atoms with Gasteiger partial charge in [0.15, 0.2) is 11.3 Å². The lowest BCUT2D eigenvalue weighted by Gasteiger charge is -2.32. The summed E-state index contributed by atoms with van der Waals surface area (Å²) in [5, 5.41) is 16.5. The minimum Gasteiger partial charge on any atom is -0.383 e. The number of halogens is 1. The molecular weight excluding hydrogens is 1020 g/mol. The number of ether oxygens (including phenoxy) is 2. The van der Waals surface area contributed by atoms with Crippen molar-refractivity contribution in [3.05, 3.63) is 117 Å². The SMILES string of the molecule is Cc1c(CC(=O)N(C)C)ccc(NC(=O)c2nn([C@@H]3CCCN(C(=O)/C=C/CN(C)CCOCCOCCc4cc(Cl)cc(NC(=O)NCc5ccc6c(c5)CN(C5CCC(=O)NC5=O)C6=O)c4)C3)c3ncnc(N)c23)c1C. The first-order valence-corrected chi connectivity index (χ1v) is 26.3. The Labute approximate surface area is 457 Å². The summed E-state index contributed by atoms with van der Waals surface area (Å²) in [5.41, 5.74) is 13.4. The van der Waals surface area contributed by atoms with E-state index in [0.717, 1.165) is 39.8 Å². The summed E-state index contributed by atoms with van der Waals surface area (Å²) < 4.78 is 13.3. The van der Waals surface area contributed by atoms with E-state index in [2.05, 4.69) is 31.2 Å². The molecule has 1 unspecified atom stereocenters. The molecule has 5 aromatic rings. The molecule has 3 aliphatic rings. The van der Waals surface area contributed by atoms with Crippen molar-refractivity contribution in [2.24, 2.45) is 0 Å². The van der Waals surface area contributed by atoms with Crippen molar-refractivity contribution >= 4 is 81.3 Å². The van der Waals surface area contributed by atoms with Gasteiger partial charge < -0.3 is 50.8 Å². The minimum atomic E-state index is -0.701. The number of amides is 8. The molecule has 2 saturated heterocycles. The molecule has 2 aromatic heterocycles. The second-order valence-corrected chi connectivity index (χ2v) is 20.4. The summed E-state index contributed by atoms with van der Waals surface area (Å²) in [6.07, 6.45) is 7.44. The molecule has 78 heavy (non-hydrogen) atoms. The van der Waals surface area contributed by atoms with E-state index < -0.39 is 23.9 Å². The van der Waals surface area contributed by atoms with Crippen molar-refractivity contribution in [1.82, 2.24) is 50.0 Å². The Hall–Kier alpha value is -7.79. The Kier molecular flexibility index (Phi) is 18.5. The molecule has 8 rings (SSSR count). The summed E-state index contributed by atoms with van der Waals surface area (Å²) in [4.78, 5) is 105. The number of carbonyl (C=O) groups is 7. The fraction of sp³-hybridized carbons (Fsp3) is 0.418. The third kappa shape index (κ3) is 13.8. The van der Waals surface area contributed by atoms with Crippen LogP contribution in [-0.2, 0) is 54.6 Å². The Morgan fingerprint density at radius 2 is 1.72 bits per heavy atom. The number of nitrogens with zero attached hydrogens (tertiary/aromatic N) is 8. The highest BCUT2D eigenvalue weighted by molar-refractivity contribution is 6.31. The van der Waals surface area contributed by atoms with E-state index in [4.69, 9.17) is 31.9 Å². The van der Waals surface area contributed by atoms with Crippen LogP contribution in [0.4, 0.5) is 22.0 Å². The maximum atomic E-state index is 13.9. The van der Waals surface area contributed by atoms with Gasteiger partial charge in [-0.15, -0.1) is 0 Å². The van der Waals surface area contributed by atoms with Gasteiger partial charge in [0, 0.05) is 87.8 Å². The zero-order valence-corrected chi connectivity index (χ0v) is 45.3. The number of urea groups is 1. The molecule has 412 valence electrons. The van der Waals surface area contributed by atoms with Crippen molar-refractivity contribution in [2.45, 2.75) is 77.5 Å². The van der Waals surface area contributed by atoms with Crippen LogP contribution in [0.2, 0.25) is 5.02 Å². The Morgan fingerprint density at radius 3 is 2.50 bits per heavy atom. The monoisotopic (exact) mass is 1090 g/mol. The molecule has 0 bridgehead atoms. The number of hydrogen-bond acceptors (Lipinski definition) is 14. The number of rotatable bonds is 21. The van der Waals surface area contributed by atoms with E-state index in [1.807, 2.05) is 56.1 Å². The number of piperidine rings is 2. The number of likely N-dealkylation sites (tertiary alicyclic amines) is 1. The molecule has 0 saturated carbocycles. The molecule has 0 radical (unpaired) electrons. The van der Waals surface area contributed by atoms with Crippen LogP contribution in [0.5, 0.6) is 0 Å². The van der Waals surface area contributed by atoms with E-state index in [9.17, 15) is 33.6 Å². The lowest BCUT2D eigenvalue weighted by atomic mass is 9.98. The summed E-state index contributed by atoms with van der Waals surface area (Å²) in [6.45, 7) is 8.00. The fourth-order valence-electron chi connectivity index (χ4n) is 9.69. The minimum absolute atomic E-state index is 0.0201. The number of likely N-dealkylation sites (N-methyl/N-ethyl adjacent to an activating group) is 2. The zero-order chi connectivity index (χ0) is 55.6. The average Bonchev–Trinajstić information content (AvgIpc) is 3.96. The summed E-state index contributed by atoms with van der Waals surface area (Å²) in [6, 6.07) is 12.8. The fourth-order valence-corrected chi connectivity index (χ4v) is 9.95. The van der Waals surface area contributed by atoms with Crippen LogP contribution in [0.3, 0.4) is 0 Å². The van der Waals surface area contributed by atoms with Crippen LogP contribution in [0.25, 0.3) is 11.0 Å². The van der Waals surface area contributed by atoms with Crippen LogP contribution in [0.1, 0.15) is 86.0 Å². The lowest BCUT2D eigenvalue weighted by molar-refractivity contribution is -0.137. The average molecular weight is 1090 g/mol. The van der Waals surface area contributed by atoms with Gasteiger partial charge in [-0.05, 0) is 110 Å². The molecule has 8 amide bonds. The van der Waals surface area contributed by atoms with Crippen LogP contribution >= 0.6 is 11.6 Å². The van der Waals surface area contributed by atoms with Gasteiger partial charge in [0.25, 0.3) is 11.8 Å². The van der Waals surface area contributed by atoms with Gasteiger partial charge in [0.05, 0.1) is 44.3 Å². The molecule has 2 atom stereocenters. The van der Waals surface area contributed by atoms with E-state index >= 15 is 0 Å². The third-order valence-electron chi connectivity index (χ3n) is 14.2. The Bertz CT molecular complexity index is 3140. The highest BCUT2D eigenvalue weighted by Gasteiger charge is 2.39. The highest BCUT2D eigenvalue weighted by atomic mass is 35.5. The number of fused-ring (bicyclic) bond motifs is 2. The number of nitrogens with one attached hydrogen (secondary N) is 4. The van der Waals surface area contributed by atoms with Crippen molar-refractivity contribution in [3.63, 3.8) is 0 Å². The second-order valence-electron chi connectivity index (χ2n) is 20.0. The first-order valence-electron chi connectivity index (χ1n) is 25.9. The van der Waals surface area contributed by atoms with Gasteiger partial charge >= 0.3 is 6.03 Å². The first-order chi connectivity index (χ1) is 37.4. The lowest BCUT2D eigenvalue weighted by Crippen LogP contribution is -2.52. The predicted octanol–water partition coefficient (Wildman–Crippen LogP) is 4.57. The van der Waals surface area contributed by atoms with Gasteiger partial charge in [0.1, 0.15) is 18.2 Å². The van der Waals surface area contributed by atoms with Crippen molar-refractivity contribution in [3.8, 4) is 0 Å². The molecule has 5 heterocycles. The number of benzene rings is 3. The molecule has 3 aliphatic heterocycles. The number of imide groups is 1. The van der Waals surface area contributed by atoms with Crippen molar-refractivity contribution < 1.29 is 43.0 Å². The second kappa shape index (κ2) is 25.6. The van der Waals surface area contributed by atoms with E-state index in [0.29, 0.717) is 98.4 Å². The summed E-state index contributed by atoms with van der Waals surface area (Å²) >= 11 is 6.40. The topological polar surface area (TPSA) is 269 Å². The van der Waals surface area contributed by atoms with Gasteiger partial charge in [-0.25, -0.2) is 19.4 Å².